The molecule has 0 amide bonds. The summed E-state index contributed by atoms with van der Waals surface area (Å²) in [5.41, 5.74) is 7.41. The Bertz CT molecular complexity index is 431. The summed E-state index contributed by atoms with van der Waals surface area (Å²) < 4.78 is 5.46. The fourth-order valence-electron chi connectivity index (χ4n) is 3.04. The third-order valence-electron chi connectivity index (χ3n) is 4.29. The zero-order chi connectivity index (χ0) is 13.9. The Morgan fingerprint density at radius 1 is 1.10 bits per heavy atom. The summed E-state index contributed by atoms with van der Waals surface area (Å²) in [6.07, 6.45) is 0. The minimum absolute atomic E-state index is 0.179. The lowest BCUT2D eigenvalue weighted by atomic mass is 10.1. The Morgan fingerprint density at radius 3 is 2.40 bits per heavy atom. The first-order valence-corrected chi connectivity index (χ1v) is 7.64. The first kappa shape index (κ1) is 14.3. The minimum Gasteiger partial charge on any atom is -0.378 e. The average molecular weight is 296 g/mol. The number of piperazine rings is 1. The maximum absolute atomic E-state index is 6.09. The number of hydrogen-bond donors (Lipinski definition) is 1. The van der Waals surface area contributed by atoms with Crippen molar-refractivity contribution in [2.75, 3.05) is 39.4 Å². The van der Waals surface area contributed by atoms with Gasteiger partial charge in [0.05, 0.1) is 19.3 Å². The van der Waals surface area contributed by atoms with Crippen molar-refractivity contribution in [1.82, 2.24) is 9.80 Å². The molecule has 0 radical (unpaired) electrons. The topological polar surface area (TPSA) is 41.7 Å². The number of halogens is 1. The number of rotatable bonds is 3. The maximum atomic E-state index is 6.09. The van der Waals surface area contributed by atoms with Crippen LogP contribution in [0, 0.1) is 0 Å². The van der Waals surface area contributed by atoms with Crippen molar-refractivity contribution in [3.63, 3.8) is 0 Å². The van der Waals surface area contributed by atoms with Gasteiger partial charge in [0.2, 0.25) is 0 Å². The SMILES string of the molecule is N[C@H]1COC[C@@H]1N1CCN(Cc2ccc(Cl)cc2)CC1. The highest BCUT2D eigenvalue weighted by atomic mass is 35.5. The van der Waals surface area contributed by atoms with Crippen molar-refractivity contribution >= 4 is 11.6 Å². The van der Waals surface area contributed by atoms with Gasteiger partial charge >= 0.3 is 0 Å². The van der Waals surface area contributed by atoms with Gasteiger partial charge in [0.15, 0.2) is 0 Å². The number of nitrogens with zero attached hydrogens (tertiary/aromatic N) is 2. The van der Waals surface area contributed by atoms with E-state index < -0.39 is 0 Å². The van der Waals surface area contributed by atoms with E-state index in [2.05, 4.69) is 21.9 Å². The van der Waals surface area contributed by atoms with Crippen LogP contribution in [-0.4, -0.2) is 61.3 Å². The fraction of sp³-hybridized carbons (Fsp3) is 0.600. The highest BCUT2D eigenvalue weighted by Crippen LogP contribution is 2.16. The Balaban J connectivity index is 1.49. The molecule has 2 atom stereocenters. The molecule has 2 aliphatic heterocycles. The highest BCUT2D eigenvalue weighted by molar-refractivity contribution is 6.30. The number of nitrogens with two attached hydrogens (primary N) is 1. The minimum atomic E-state index is 0.179. The summed E-state index contributed by atoms with van der Waals surface area (Å²) in [5, 5.41) is 0.800. The van der Waals surface area contributed by atoms with E-state index >= 15 is 0 Å². The molecule has 4 nitrogen and oxygen atoms in total. The van der Waals surface area contributed by atoms with E-state index in [9.17, 15) is 0 Å². The standard InChI is InChI=1S/C15H22ClN3O/c16-13-3-1-12(2-4-13)9-18-5-7-19(8-6-18)15-11-20-10-14(15)17/h1-4,14-15H,5-11,17H2/t14-,15-/m0/s1. The van der Waals surface area contributed by atoms with E-state index in [1.165, 1.54) is 5.56 Å². The molecule has 2 fully saturated rings. The van der Waals surface area contributed by atoms with Gasteiger partial charge in [-0.05, 0) is 17.7 Å². The second-order valence-electron chi connectivity index (χ2n) is 5.71. The first-order chi connectivity index (χ1) is 9.72. The number of ether oxygens (including phenoxy) is 1. The van der Waals surface area contributed by atoms with Gasteiger partial charge in [0.1, 0.15) is 0 Å². The molecule has 0 aliphatic carbocycles. The molecule has 0 spiro atoms. The van der Waals surface area contributed by atoms with Crippen LogP contribution in [0.2, 0.25) is 5.02 Å². The second kappa shape index (κ2) is 6.41. The van der Waals surface area contributed by atoms with Gasteiger partial charge in [-0.25, -0.2) is 0 Å². The van der Waals surface area contributed by atoms with Crippen molar-refractivity contribution in [2.24, 2.45) is 5.73 Å². The monoisotopic (exact) mass is 295 g/mol. The summed E-state index contributed by atoms with van der Waals surface area (Å²) in [4.78, 5) is 4.97. The molecule has 20 heavy (non-hydrogen) atoms. The first-order valence-electron chi connectivity index (χ1n) is 7.26. The van der Waals surface area contributed by atoms with Crippen LogP contribution in [0.3, 0.4) is 0 Å². The molecule has 1 aromatic rings. The summed E-state index contributed by atoms with van der Waals surface area (Å²) in [6.45, 7) is 6.83. The van der Waals surface area contributed by atoms with E-state index in [1.807, 2.05) is 12.1 Å². The van der Waals surface area contributed by atoms with E-state index in [0.29, 0.717) is 12.6 Å². The fourth-order valence-corrected chi connectivity index (χ4v) is 3.16. The van der Waals surface area contributed by atoms with Crippen LogP contribution in [0.1, 0.15) is 5.56 Å². The highest BCUT2D eigenvalue weighted by Gasteiger charge is 2.32. The van der Waals surface area contributed by atoms with Crippen LogP contribution >= 0.6 is 11.6 Å². The van der Waals surface area contributed by atoms with Gasteiger partial charge in [-0.2, -0.15) is 0 Å². The van der Waals surface area contributed by atoms with E-state index in [1.54, 1.807) is 0 Å². The summed E-state index contributed by atoms with van der Waals surface area (Å²) in [7, 11) is 0. The summed E-state index contributed by atoms with van der Waals surface area (Å²) in [5.74, 6) is 0. The van der Waals surface area contributed by atoms with Crippen LogP contribution in [0.15, 0.2) is 24.3 Å². The van der Waals surface area contributed by atoms with Crippen LogP contribution in [0.5, 0.6) is 0 Å². The van der Waals surface area contributed by atoms with Crippen molar-refractivity contribution in [2.45, 2.75) is 18.6 Å². The summed E-state index contributed by atoms with van der Waals surface area (Å²) >= 11 is 5.92. The molecule has 5 heteroatoms. The van der Waals surface area contributed by atoms with Crippen molar-refractivity contribution in [3.8, 4) is 0 Å². The van der Waals surface area contributed by atoms with Gasteiger partial charge in [-0.15, -0.1) is 0 Å². The maximum Gasteiger partial charge on any atom is 0.0638 e. The molecule has 0 aromatic heterocycles. The van der Waals surface area contributed by atoms with Gasteiger partial charge < -0.3 is 10.5 Å². The van der Waals surface area contributed by atoms with Crippen molar-refractivity contribution in [1.29, 1.82) is 0 Å². The molecule has 0 unspecified atom stereocenters. The normalized spacial score (nSPS) is 28.9. The zero-order valence-electron chi connectivity index (χ0n) is 11.7. The number of hydrogen-bond acceptors (Lipinski definition) is 4. The van der Waals surface area contributed by atoms with E-state index in [-0.39, 0.29) is 6.04 Å². The van der Waals surface area contributed by atoms with Crippen LogP contribution in [0.25, 0.3) is 0 Å². The van der Waals surface area contributed by atoms with E-state index in [0.717, 1.165) is 44.4 Å². The third kappa shape index (κ3) is 3.32. The lowest BCUT2D eigenvalue weighted by molar-refractivity contribution is 0.0790. The summed E-state index contributed by atoms with van der Waals surface area (Å²) in [6, 6.07) is 8.72. The largest absolute Gasteiger partial charge is 0.378 e. The Labute approximate surface area is 125 Å². The van der Waals surface area contributed by atoms with Crippen LogP contribution in [0.4, 0.5) is 0 Å². The molecule has 110 valence electrons. The molecular weight excluding hydrogens is 274 g/mol. The molecule has 3 rings (SSSR count). The van der Waals surface area contributed by atoms with Gasteiger partial charge in [0, 0.05) is 43.8 Å². The van der Waals surface area contributed by atoms with Gasteiger partial charge in [0.25, 0.3) is 0 Å². The Hall–Kier alpha value is -0.650. The lowest BCUT2D eigenvalue weighted by Crippen LogP contribution is -2.55. The smallest absolute Gasteiger partial charge is 0.0638 e. The number of benzene rings is 1. The third-order valence-corrected chi connectivity index (χ3v) is 4.54. The quantitative estimate of drug-likeness (QED) is 0.909. The lowest BCUT2D eigenvalue weighted by Gasteiger charge is -2.38. The van der Waals surface area contributed by atoms with Gasteiger partial charge in [-0.3, -0.25) is 9.80 Å². The van der Waals surface area contributed by atoms with Crippen molar-refractivity contribution in [3.05, 3.63) is 34.9 Å². The zero-order valence-corrected chi connectivity index (χ0v) is 12.4. The molecule has 0 bridgehead atoms. The second-order valence-corrected chi connectivity index (χ2v) is 6.14. The van der Waals surface area contributed by atoms with Crippen LogP contribution in [-0.2, 0) is 11.3 Å². The molecule has 2 saturated heterocycles. The van der Waals surface area contributed by atoms with Crippen LogP contribution < -0.4 is 5.73 Å². The average Bonchev–Trinajstić information content (AvgIpc) is 2.89. The van der Waals surface area contributed by atoms with Crippen molar-refractivity contribution < 1.29 is 4.74 Å². The Kier molecular flexibility index (Phi) is 4.58. The molecule has 0 saturated carbocycles. The predicted molar refractivity (Wildman–Crippen MR) is 80.9 cm³/mol. The van der Waals surface area contributed by atoms with E-state index in [4.69, 9.17) is 22.1 Å². The molecular formula is C15H22ClN3O. The molecule has 2 heterocycles. The Morgan fingerprint density at radius 2 is 1.80 bits per heavy atom. The van der Waals surface area contributed by atoms with Gasteiger partial charge in [-0.1, -0.05) is 23.7 Å². The molecule has 1 aromatic carbocycles. The predicted octanol–water partition coefficient (Wildman–Crippen LogP) is 1.18. The molecule has 2 aliphatic rings. The molecule has 2 N–H and O–H groups in total.